The maximum Gasteiger partial charge on any atom is 0.306 e. The van der Waals surface area contributed by atoms with Gasteiger partial charge < -0.3 is 14.2 Å². The highest BCUT2D eigenvalue weighted by molar-refractivity contribution is 5.71. The lowest BCUT2D eigenvalue weighted by atomic mass is 10.0. The Hall–Kier alpha value is -2.11. The van der Waals surface area contributed by atoms with E-state index in [-0.39, 0.29) is 31.1 Å². The standard InChI is InChI=1S/C63H118O6/c1-4-7-10-13-16-19-22-25-28-31-32-33-36-38-41-44-47-50-53-56-62(65)68-59-60(69-63(66)57-54-51-48-45-42-39-35-30-27-24-21-18-15-12-9-6-3)58-67-61(64)55-52-49-46-43-40-37-34-29-26-23-20-17-14-11-8-5-2/h16,19,25,28,60H,4-15,17-18,20-24,26-27,29-59H2,1-3H3/b19-16-,28-25-. The van der Waals surface area contributed by atoms with Crippen LogP contribution in [0.1, 0.15) is 342 Å². The average Bonchev–Trinajstić information content (AvgIpc) is 3.35. The van der Waals surface area contributed by atoms with E-state index in [1.165, 1.54) is 238 Å². The number of carbonyl (C=O) groups is 3. The molecule has 0 amide bonds. The fourth-order valence-electron chi connectivity index (χ4n) is 9.30. The molecule has 0 saturated carbocycles. The molecule has 0 aromatic carbocycles. The SMILES string of the molecule is CCCCC/C=C\C/C=C\CCCCCCCCCCCC(=O)OCC(COC(=O)CCCCCCCCCCCCCCCCCC)OC(=O)CCCCCCCCCCCCCCCCCC. The van der Waals surface area contributed by atoms with E-state index in [2.05, 4.69) is 45.1 Å². The van der Waals surface area contributed by atoms with Gasteiger partial charge >= 0.3 is 17.9 Å². The summed E-state index contributed by atoms with van der Waals surface area (Å²) in [6.45, 7) is 6.68. The number of hydrogen-bond donors (Lipinski definition) is 0. The third-order valence-corrected chi connectivity index (χ3v) is 14.0. The molecule has 1 atom stereocenters. The van der Waals surface area contributed by atoms with Crippen LogP contribution in [0.25, 0.3) is 0 Å². The van der Waals surface area contributed by atoms with E-state index in [9.17, 15) is 14.4 Å². The van der Waals surface area contributed by atoms with E-state index in [0.29, 0.717) is 19.3 Å². The number of carbonyl (C=O) groups excluding carboxylic acids is 3. The summed E-state index contributed by atoms with van der Waals surface area (Å²) < 4.78 is 16.9. The zero-order valence-corrected chi connectivity index (χ0v) is 46.6. The van der Waals surface area contributed by atoms with Gasteiger partial charge in [0, 0.05) is 19.3 Å². The highest BCUT2D eigenvalue weighted by Crippen LogP contribution is 2.17. The molecule has 0 saturated heterocycles. The van der Waals surface area contributed by atoms with Gasteiger partial charge in [0.15, 0.2) is 6.10 Å². The number of ether oxygens (including phenoxy) is 3. The Bertz CT molecular complexity index is 1110. The van der Waals surface area contributed by atoms with Crippen molar-refractivity contribution < 1.29 is 28.6 Å². The molecule has 0 bridgehead atoms. The van der Waals surface area contributed by atoms with E-state index in [0.717, 1.165) is 64.2 Å². The predicted molar refractivity (Wildman–Crippen MR) is 298 cm³/mol. The summed E-state index contributed by atoms with van der Waals surface area (Å²) in [6.07, 6.45) is 68.8. The third kappa shape index (κ3) is 56.7. The first-order valence-electron chi connectivity index (χ1n) is 30.8. The Morgan fingerprint density at radius 3 is 0.826 bits per heavy atom. The van der Waals surface area contributed by atoms with Crippen LogP contribution >= 0.6 is 0 Å². The third-order valence-electron chi connectivity index (χ3n) is 14.0. The molecule has 69 heavy (non-hydrogen) atoms. The van der Waals surface area contributed by atoms with Gasteiger partial charge in [0.05, 0.1) is 0 Å². The second kappa shape index (κ2) is 58.5. The molecule has 0 radical (unpaired) electrons. The Balaban J connectivity index is 4.31. The summed E-state index contributed by atoms with van der Waals surface area (Å²) in [5.41, 5.74) is 0. The fourth-order valence-corrected chi connectivity index (χ4v) is 9.30. The van der Waals surface area contributed by atoms with Gasteiger partial charge in [0.2, 0.25) is 0 Å². The van der Waals surface area contributed by atoms with Crippen molar-refractivity contribution in [1.29, 1.82) is 0 Å². The molecule has 0 aliphatic heterocycles. The van der Waals surface area contributed by atoms with E-state index >= 15 is 0 Å². The minimum absolute atomic E-state index is 0.0662. The number of allylic oxidation sites excluding steroid dienone is 4. The molecule has 6 heteroatoms. The van der Waals surface area contributed by atoms with Crippen molar-refractivity contribution >= 4 is 17.9 Å². The first kappa shape index (κ1) is 66.9. The molecular formula is C63H118O6. The summed E-state index contributed by atoms with van der Waals surface area (Å²) in [5.74, 6) is -0.844. The van der Waals surface area contributed by atoms with Crippen LogP contribution in [0.4, 0.5) is 0 Å². The van der Waals surface area contributed by atoms with Gasteiger partial charge in [-0.15, -0.1) is 0 Å². The summed E-state index contributed by atoms with van der Waals surface area (Å²) >= 11 is 0. The monoisotopic (exact) mass is 971 g/mol. The Kier molecular flexibility index (Phi) is 56.7. The molecule has 0 rings (SSSR count). The second-order valence-electron chi connectivity index (χ2n) is 21.0. The Labute approximate surface area is 430 Å². The highest BCUT2D eigenvalue weighted by atomic mass is 16.6. The van der Waals surface area contributed by atoms with Crippen LogP contribution in [0, 0.1) is 0 Å². The van der Waals surface area contributed by atoms with Crippen molar-refractivity contribution in [2.24, 2.45) is 0 Å². The van der Waals surface area contributed by atoms with Crippen LogP contribution in [-0.4, -0.2) is 37.2 Å². The van der Waals surface area contributed by atoms with Crippen molar-refractivity contribution in [1.82, 2.24) is 0 Å². The molecular weight excluding hydrogens is 853 g/mol. The maximum atomic E-state index is 12.9. The number of hydrogen-bond acceptors (Lipinski definition) is 6. The van der Waals surface area contributed by atoms with Crippen LogP contribution in [0.5, 0.6) is 0 Å². The molecule has 6 nitrogen and oxygen atoms in total. The number of unbranched alkanes of at least 4 members (excludes halogenated alkanes) is 42. The summed E-state index contributed by atoms with van der Waals surface area (Å²) in [7, 11) is 0. The molecule has 0 spiro atoms. The van der Waals surface area contributed by atoms with Gasteiger partial charge in [-0.1, -0.05) is 295 Å². The highest BCUT2D eigenvalue weighted by Gasteiger charge is 2.19. The van der Waals surface area contributed by atoms with E-state index in [1.807, 2.05) is 0 Å². The molecule has 0 aromatic rings. The largest absolute Gasteiger partial charge is 0.462 e. The van der Waals surface area contributed by atoms with Crippen molar-refractivity contribution in [2.45, 2.75) is 348 Å². The van der Waals surface area contributed by atoms with Crippen LogP contribution in [0.2, 0.25) is 0 Å². The quantitative estimate of drug-likeness (QED) is 0.0261. The molecule has 0 N–H and O–H groups in total. The van der Waals surface area contributed by atoms with Gasteiger partial charge in [-0.25, -0.2) is 0 Å². The van der Waals surface area contributed by atoms with Crippen molar-refractivity contribution in [2.75, 3.05) is 13.2 Å². The van der Waals surface area contributed by atoms with Crippen LogP contribution in [-0.2, 0) is 28.6 Å². The second-order valence-corrected chi connectivity index (χ2v) is 21.0. The Morgan fingerprint density at radius 2 is 0.522 bits per heavy atom. The summed E-state index contributed by atoms with van der Waals surface area (Å²) in [5, 5.41) is 0. The minimum Gasteiger partial charge on any atom is -0.462 e. The number of esters is 3. The first-order chi connectivity index (χ1) is 34.0. The Morgan fingerprint density at radius 1 is 0.290 bits per heavy atom. The zero-order chi connectivity index (χ0) is 50.0. The van der Waals surface area contributed by atoms with Crippen LogP contribution < -0.4 is 0 Å². The molecule has 0 aliphatic carbocycles. The smallest absolute Gasteiger partial charge is 0.306 e. The van der Waals surface area contributed by atoms with Gasteiger partial charge in [-0.2, -0.15) is 0 Å². The molecule has 1 unspecified atom stereocenters. The van der Waals surface area contributed by atoms with Crippen molar-refractivity contribution in [3.63, 3.8) is 0 Å². The van der Waals surface area contributed by atoms with Gasteiger partial charge in [-0.05, 0) is 51.4 Å². The van der Waals surface area contributed by atoms with Gasteiger partial charge in [-0.3, -0.25) is 14.4 Å². The first-order valence-corrected chi connectivity index (χ1v) is 30.8. The molecule has 406 valence electrons. The zero-order valence-electron chi connectivity index (χ0n) is 46.6. The van der Waals surface area contributed by atoms with E-state index in [1.54, 1.807) is 0 Å². The lowest BCUT2D eigenvalue weighted by Crippen LogP contribution is -2.30. The average molecular weight is 972 g/mol. The van der Waals surface area contributed by atoms with Gasteiger partial charge in [0.1, 0.15) is 13.2 Å². The normalized spacial score (nSPS) is 12.1. The van der Waals surface area contributed by atoms with Crippen molar-refractivity contribution in [3.05, 3.63) is 24.3 Å². The lowest BCUT2D eigenvalue weighted by Gasteiger charge is -2.18. The fraction of sp³-hybridized carbons (Fsp3) is 0.889. The van der Waals surface area contributed by atoms with Crippen LogP contribution in [0.15, 0.2) is 24.3 Å². The van der Waals surface area contributed by atoms with E-state index in [4.69, 9.17) is 14.2 Å². The topological polar surface area (TPSA) is 78.9 Å². The van der Waals surface area contributed by atoms with Crippen molar-refractivity contribution in [3.8, 4) is 0 Å². The lowest BCUT2D eigenvalue weighted by molar-refractivity contribution is -0.167. The van der Waals surface area contributed by atoms with Crippen LogP contribution in [0.3, 0.4) is 0 Å². The molecule has 0 heterocycles. The summed E-state index contributed by atoms with van der Waals surface area (Å²) in [6, 6.07) is 0. The molecule has 0 fully saturated rings. The molecule has 0 aromatic heterocycles. The predicted octanol–water partition coefficient (Wildman–Crippen LogP) is 20.7. The van der Waals surface area contributed by atoms with Gasteiger partial charge in [0.25, 0.3) is 0 Å². The minimum atomic E-state index is -0.768. The number of rotatable bonds is 57. The van der Waals surface area contributed by atoms with E-state index < -0.39 is 6.10 Å². The molecule has 0 aliphatic rings. The summed E-state index contributed by atoms with van der Waals surface area (Å²) in [4.78, 5) is 38.3. The maximum absolute atomic E-state index is 12.9.